The summed E-state index contributed by atoms with van der Waals surface area (Å²) in [5.74, 6) is -0.412. The molecule has 1 aromatic heterocycles. The van der Waals surface area contributed by atoms with Crippen LogP contribution in [0.25, 0.3) is 0 Å². The topological polar surface area (TPSA) is 48.4 Å². The predicted molar refractivity (Wildman–Crippen MR) is 58.1 cm³/mol. The highest BCUT2D eigenvalue weighted by molar-refractivity contribution is 7.10. The zero-order chi connectivity index (χ0) is 11.5. The quantitative estimate of drug-likeness (QED) is 0.743. The molecule has 1 heterocycles. The summed E-state index contributed by atoms with van der Waals surface area (Å²) < 4.78 is 10.1. The van der Waals surface area contributed by atoms with Crippen molar-refractivity contribution in [1.82, 2.24) is 4.98 Å². The summed E-state index contributed by atoms with van der Waals surface area (Å²) in [5, 5.41) is 2.46. The van der Waals surface area contributed by atoms with Crippen molar-refractivity contribution in [2.75, 3.05) is 13.7 Å². The van der Waals surface area contributed by atoms with Crippen LogP contribution in [0.4, 0.5) is 0 Å². The molecule has 0 saturated heterocycles. The lowest BCUT2D eigenvalue weighted by molar-refractivity contribution is -0.0142. The molecule has 0 bridgehead atoms. The van der Waals surface area contributed by atoms with Crippen LogP contribution in [0, 0.1) is 0 Å². The van der Waals surface area contributed by atoms with Gasteiger partial charge in [0.05, 0.1) is 7.11 Å². The highest BCUT2D eigenvalue weighted by Gasteiger charge is 2.25. The molecular formula is C10H15NO3S. The third kappa shape index (κ3) is 2.76. The van der Waals surface area contributed by atoms with E-state index in [1.54, 1.807) is 5.38 Å². The minimum atomic E-state index is -0.453. The van der Waals surface area contributed by atoms with Gasteiger partial charge in [0.2, 0.25) is 0 Å². The largest absolute Gasteiger partial charge is 0.464 e. The van der Waals surface area contributed by atoms with E-state index in [-0.39, 0.29) is 0 Å². The van der Waals surface area contributed by atoms with Crippen LogP contribution < -0.4 is 0 Å². The minimum Gasteiger partial charge on any atom is -0.464 e. The summed E-state index contributed by atoms with van der Waals surface area (Å²) in [6.45, 7) is 6.39. The lowest BCUT2D eigenvalue weighted by Gasteiger charge is -2.21. The van der Waals surface area contributed by atoms with Crippen LogP contribution in [0.2, 0.25) is 0 Å². The zero-order valence-corrected chi connectivity index (χ0v) is 10.2. The van der Waals surface area contributed by atoms with Crippen LogP contribution in [-0.2, 0) is 15.1 Å². The van der Waals surface area contributed by atoms with E-state index in [0.29, 0.717) is 12.3 Å². The lowest BCUT2D eigenvalue weighted by Crippen LogP contribution is -2.21. The van der Waals surface area contributed by atoms with Crippen LogP contribution in [0.3, 0.4) is 0 Å². The SMILES string of the molecule is CCOC(C)(C)c1nc(C(=O)OC)cs1. The van der Waals surface area contributed by atoms with Crippen molar-refractivity contribution in [3.63, 3.8) is 0 Å². The molecule has 5 heteroatoms. The number of carbonyl (C=O) groups excluding carboxylic acids is 1. The number of rotatable bonds is 4. The normalized spacial score (nSPS) is 11.5. The smallest absolute Gasteiger partial charge is 0.357 e. The van der Waals surface area contributed by atoms with E-state index < -0.39 is 11.6 Å². The van der Waals surface area contributed by atoms with Crippen LogP contribution in [0.1, 0.15) is 36.3 Å². The van der Waals surface area contributed by atoms with Crippen LogP contribution >= 0.6 is 11.3 Å². The Labute approximate surface area is 93.2 Å². The van der Waals surface area contributed by atoms with Gasteiger partial charge in [0, 0.05) is 12.0 Å². The molecule has 0 aliphatic heterocycles. The Balaban J connectivity index is 2.88. The van der Waals surface area contributed by atoms with Gasteiger partial charge in [0.1, 0.15) is 10.6 Å². The average molecular weight is 229 g/mol. The highest BCUT2D eigenvalue weighted by Crippen LogP contribution is 2.27. The van der Waals surface area contributed by atoms with Gasteiger partial charge in [-0.05, 0) is 20.8 Å². The Bertz CT molecular complexity index is 346. The summed E-state index contributed by atoms with van der Waals surface area (Å²) in [4.78, 5) is 15.4. The number of carbonyl (C=O) groups is 1. The Morgan fingerprint density at radius 3 is 2.80 bits per heavy atom. The first-order valence-corrected chi connectivity index (χ1v) is 5.57. The molecule has 4 nitrogen and oxygen atoms in total. The van der Waals surface area contributed by atoms with Crippen LogP contribution in [-0.4, -0.2) is 24.7 Å². The van der Waals surface area contributed by atoms with E-state index in [4.69, 9.17) is 4.74 Å². The number of hydrogen-bond donors (Lipinski definition) is 0. The molecule has 1 rings (SSSR count). The van der Waals surface area contributed by atoms with Crippen molar-refractivity contribution in [2.45, 2.75) is 26.4 Å². The van der Waals surface area contributed by atoms with Crippen molar-refractivity contribution in [3.05, 3.63) is 16.1 Å². The van der Waals surface area contributed by atoms with Gasteiger partial charge in [-0.1, -0.05) is 0 Å². The maximum atomic E-state index is 11.2. The van der Waals surface area contributed by atoms with Gasteiger partial charge < -0.3 is 9.47 Å². The number of hydrogen-bond acceptors (Lipinski definition) is 5. The van der Waals surface area contributed by atoms with Gasteiger partial charge >= 0.3 is 5.97 Å². The van der Waals surface area contributed by atoms with Crippen molar-refractivity contribution >= 4 is 17.3 Å². The fourth-order valence-electron chi connectivity index (χ4n) is 1.17. The first-order chi connectivity index (χ1) is 7.01. The number of ether oxygens (including phenoxy) is 2. The molecule has 84 valence electrons. The lowest BCUT2D eigenvalue weighted by atomic mass is 10.1. The van der Waals surface area contributed by atoms with Crippen molar-refractivity contribution < 1.29 is 14.3 Å². The third-order valence-corrected chi connectivity index (χ3v) is 3.07. The van der Waals surface area contributed by atoms with Crippen LogP contribution in [0.5, 0.6) is 0 Å². The van der Waals surface area contributed by atoms with Gasteiger partial charge in [-0.15, -0.1) is 11.3 Å². The van der Waals surface area contributed by atoms with E-state index >= 15 is 0 Å². The van der Waals surface area contributed by atoms with E-state index in [1.165, 1.54) is 18.4 Å². The minimum absolute atomic E-state index is 0.338. The number of esters is 1. The second-order valence-electron chi connectivity index (χ2n) is 3.47. The van der Waals surface area contributed by atoms with Crippen molar-refractivity contribution in [3.8, 4) is 0 Å². The molecule has 15 heavy (non-hydrogen) atoms. The maximum Gasteiger partial charge on any atom is 0.357 e. The standard InChI is InChI=1S/C10H15NO3S/c1-5-14-10(2,3)9-11-7(6-15-9)8(12)13-4/h6H,5H2,1-4H3. The number of aromatic nitrogens is 1. The third-order valence-electron chi connectivity index (χ3n) is 1.92. The zero-order valence-electron chi connectivity index (χ0n) is 9.36. The van der Waals surface area contributed by atoms with Gasteiger partial charge in [-0.3, -0.25) is 0 Å². The number of methoxy groups -OCH3 is 1. The fraction of sp³-hybridized carbons (Fsp3) is 0.600. The predicted octanol–water partition coefficient (Wildman–Crippen LogP) is 2.20. The Hall–Kier alpha value is -0.940. The summed E-state index contributed by atoms with van der Waals surface area (Å²) in [6, 6.07) is 0. The van der Waals surface area contributed by atoms with E-state index in [9.17, 15) is 4.79 Å². The molecule has 0 fully saturated rings. The molecule has 0 N–H and O–H groups in total. The van der Waals surface area contributed by atoms with Gasteiger partial charge in [-0.2, -0.15) is 0 Å². The molecule has 0 aliphatic carbocycles. The summed E-state index contributed by atoms with van der Waals surface area (Å²) in [5.41, 5.74) is -0.114. The Kier molecular flexibility index (Phi) is 3.82. The second-order valence-corrected chi connectivity index (χ2v) is 4.33. The van der Waals surface area contributed by atoms with E-state index in [1.807, 2.05) is 20.8 Å². The van der Waals surface area contributed by atoms with Gasteiger partial charge in [0.25, 0.3) is 0 Å². The first-order valence-electron chi connectivity index (χ1n) is 4.69. The average Bonchev–Trinajstić information content (AvgIpc) is 2.66. The molecule has 0 aromatic carbocycles. The monoisotopic (exact) mass is 229 g/mol. The molecular weight excluding hydrogens is 214 g/mol. The molecule has 0 radical (unpaired) electrons. The summed E-state index contributed by atoms with van der Waals surface area (Å²) >= 11 is 1.40. The second kappa shape index (κ2) is 4.72. The first kappa shape index (κ1) is 12.1. The Morgan fingerprint density at radius 2 is 2.27 bits per heavy atom. The molecule has 0 saturated carbocycles. The molecule has 0 amide bonds. The van der Waals surface area contributed by atoms with Gasteiger partial charge in [0.15, 0.2) is 5.69 Å². The summed E-state index contributed by atoms with van der Waals surface area (Å²) in [6.07, 6.45) is 0. The molecule has 0 unspecified atom stereocenters. The molecule has 0 atom stereocenters. The molecule has 1 aromatic rings. The number of nitrogens with zero attached hydrogens (tertiary/aromatic N) is 1. The van der Waals surface area contributed by atoms with Crippen molar-refractivity contribution in [2.24, 2.45) is 0 Å². The Morgan fingerprint density at radius 1 is 1.60 bits per heavy atom. The summed E-state index contributed by atoms with van der Waals surface area (Å²) in [7, 11) is 1.34. The molecule has 0 spiro atoms. The van der Waals surface area contributed by atoms with E-state index in [0.717, 1.165) is 5.01 Å². The van der Waals surface area contributed by atoms with Gasteiger partial charge in [-0.25, -0.2) is 9.78 Å². The maximum absolute atomic E-state index is 11.2. The van der Waals surface area contributed by atoms with Crippen LogP contribution in [0.15, 0.2) is 5.38 Å². The highest BCUT2D eigenvalue weighted by atomic mass is 32.1. The molecule has 0 aliphatic rings. The van der Waals surface area contributed by atoms with Crippen molar-refractivity contribution in [1.29, 1.82) is 0 Å². The fourth-order valence-corrected chi connectivity index (χ4v) is 2.04. The van der Waals surface area contributed by atoms with E-state index in [2.05, 4.69) is 9.72 Å². The number of thiazole rings is 1.